The Morgan fingerprint density at radius 2 is 1.88 bits per heavy atom. The van der Waals surface area contributed by atoms with Crippen molar-refractivity contribution >= 4 is 0 Å². The number of nitrogens with zero attached hydrogens (tertiary/aromatic N) is 4. The standard InChI is InChI=1S/C20H28N4O/c1-23-17-9-4-3-8-15(17)21-20(23)18-10-6-12-24(18)13-16-14-7-2-5-11-19(14)25-22-16/h18H,2-13H2,1H3/t18-/m0/s1. The van der Waals surface area contributed by atoms with E-state index in [1.165, 1.54) is 73.4 Å². The molecule has 25 heavy (non-hydrogen) atoms. The first-order valence-electron chi connectivity index (χ1n) is 10.1. The molecule has 0 radical (unpaired) electrons. The van der Waals surface area contributed by atoms with Crippen molar-refractivity contribution in [2.75, 3.05) is 6.54 Å². The highest BCUT2D eigenvalue weighted by atomic mass is 16.5. The van der Waals surface area contributed by atoms with E-state index in [1.807, 2.05) is 0 Å². The lowest BCUT2D eigenvalue weighted by molar-refractivity contribution is 0.228. The molecule has 0 spiro atoms. The molecule has 2 aliphatic carbocycles. The van der Waals surface area contributed by atoms with E-state index in [1.54, 1.807) is 0 Å². The summed E-state index contributed by atoms with van der Waals surface area (Å²) in [6.07, 6.45) is 12.2. The topological polar surface area (TPSA) is 47.1 Å². The number of hydrogen-bond donors (Lipinski definition) is 0. The van der Waals surface area contributed by atoms with Crippen LogP contribution in [-0.2, 0) is 39.3 Å². The first-order chi connectivity index (χ1) is 12.3. The fraction of sp³-hybridized carbons (Fsp3) is 0.700. The second kappa shape index (κ2) is 6.27. The lowest BCUT2D eigenvalue weighted by Gasteiger charge is -2.24. The van der Waals surface area contributed by atoms with E-state index in [0.29, 0.717) is 6.04 Å². The minimum absolute atomic E-state index is 0.437. The Morgan fingerprint density at radius 1 is 1.04 bits per heavy atom. The van der Waals surface area contributed by atoms with Crippen LogP contribution < -0.4 is 0 Å². The second-order valence-electron chi connectivity index (χ2n) is 8.00. The molecule has 1 aliphatic heterocycles. The Bertz CT molecular complexity index is 775. The van der Waals surface area contributed by atoms with Crippen molar-refractivity contribution in [2.45, 2.75) is 76.8 Å². The summed E-state index contributed by atoms with van der Waals surface area (Å²) in [4.78, 5) is 7.66. The highest BCUT2D eigenvalue weighted by Crippen LogP contribution is 2.36. The van der Waals surface area contributed by atoms with E-state index < -0.39 is 0 Å². The average Bonchev–Trinajstić information content (AvgIpc) is 3.34. The SMILES string of the molecule is Cn1c([C@@H]2CCCN2Cc2noc3c2CCCC3)nc2c1CCCC2. The third-order valence-corrected chi connectivity index (χ3v) is 6.45. The minimum atomic E-state index is 0.437. The van der Waals surface area contributed by atoms with Gasteiger partial charge in [-0.15, -0.1) is 0 Å². The van der Waals surface area contributed by atoms with Crippen molar-refractivity contribution in [3.05, 3.63) is 34.2 Å². The molecule has 3 heterocycles. The van der Waals surface area contributed by atoms with Gasteiger partial charge in [-0.05, 0) is 64.3 Å². The van der Waals surface area contributed by atoms with Crippen LogP contribution in [0.5, 0.6) is 0 Å². The van der Waals surface area contributed by atoms with Crippen LogP contribution in [0.4, 0.5) is 0 Å². The molecule has 5 rings (SSSR count). The van der Waals surface area contributed by atoms with Crippen molar-refractivity contribution in [2.24, 2.45) is 7.05 Å². The molecule has 1 fully saturated rings. The molecule has 2 aromatic rings. The highest BCUT2D eigenvalue weighted by molar-refractivity contribution is 5.26. The van der Waals surface area contributed by atoms with Gasteiger partial charge in [0, 0.05) is 31.3 Å². The molecule has 0 amide bonds. The molecule has 0 saturated carbocycles. The Kier molecular flexibility index (Phi) is 3.92. The monoisotopic (exact) mass is 340 g/mol. The largest absolute Gasteiger partial charge is 0.361 e. The molecule has 3 aliphatic rings. The van der Waals surface area contributed by atoms with Crippen LogP contribution in [0.25, 0.3) is 0 Å². The Balaban J connectivity index is 1.41. The number of imidazole rings is 1. The van der Waals surface area contributed by atoms with E-state index in [4.69, 9.17) is 9.51 Å². The molecule has 2 aromatic heterocycles. The smallest absolute Gasteiger partial charge is 0.140 e. The predicted octanol–water partition coefficient (Wildman–Crippen LogP) is 3.50. The van der Waals surface area contributed by atoms with Gasteiger partial charge in [-0.3, -0.25) is 4.90 Å². The van der Waals surface area contributed by atoms with Crippen LogP contribution in [-0.4, -0.2) is 26.2 Å². The lowest BCUT2D eigenvalue weighted by Crippen LogP contribution is -2.26. The van der Waals surface area contributed by atoms with Gasteiger partial charge in [-0.1, -0.05) is 5.16 Å². The zero-order valence-corrected chi connectivity index (χ0v) is 15.3. The van der Waals surface area contributed by atoms with Crippen molar-refractivity contribution < 1.29 is 4.52 Å². The summed E-state index contributed by atoms with van der Waals surface area (Å²) in [7, 11) is 2.22. The minimum Gasteiger partial charge on any atom is -0.361 e. The maximum Gasteiger partial charge on any atom is 0.140 e. The van der Waals surface area contributed by atoms with Gasteiger partial charge < -0.3 is 9.09 Å². The van der Waals surface area contributed by atoms with Crippen molar-refractivity contribution in [1.82, 2.24) is 19.6 Å². The maximum absolute atomic E-state index is 5.63. The van der Waals surface area contributed by atoms with Gasteiger partial charge in [0.15, 0.2) is 0 Å². The average molecular weight is 340 g/mol. The first kappa shape index (κ1) is 15.6. The summed E-state index contributed by atoms with van der Waals surface area (Å²) in [6.45, 7) is 2.06. The molecular weight excluding hydrogens is 312 g/mol. The van der Waals surface area contributed by atoms with Gasteiger partial charge in [-0.2, -0.15) is 0 Å². The normalized spacial score (nSPS) is 23.6. The number of aryl methyl sites for hydroxylation is 2. The van der Waals surface area contributed by atoms with Gasteiger partial charge in [0.25, 0.3) is 0 Å². The Hall–Kier alpha value is -1.62. The molecule has 0 N–H and O–H groups in total. The van der Waals surface area contributed by atoms with Crippen LogP contribution >= 0.6 is 0 Å². The zero-order chi connectivity index (χ0) is 16.8. The van der Waals surface area contributed by atoms with Crippen molar-refractivity contribution in [1.29, 1.82) is 0 Å². The van der Waals surface area contributed by atoms with Crippen LogP contribution in [0.15, 0.2) is 4.52 Å². The summed E-state index contributed by atoms with van der Waals surface area (Å²) >= 11 is 0. The number of aromatic nitrogens is 3. The Morgan fingerprint density at radius 3 is 2.80 bits per heavy atom. The molecule has 5 heteroatoms. The van der Waals surface area contributed by atoms with E-state index in [0.717, 1.165) is 38.1 Å². The fourth-order valence-electron chi connectivity index (χ4n) is 5.08. The van der Waals surface area contributed by atoms with Crippen LogP contribution in [0.2, 0.25) is 0 Å². The summed E-state index contributed by atoms with van der Waals surface area (Å²) in [5.41, 5.74) is 5.41. The van der Waals surface area contributed by atoms with E-state index >= 15 is 0 Å². The fourth-order valence-corrected chi connectivity index (χ4v) is 5.08. The number of rotatable bonds is 3. The van der Waals surface area contributed by atoms with Crippen molar-refractivity contribution in [3.63, 3.8) is 0 Å². The number of hydrogen-bond acceptors (Lipinski definition) is 4. The molecule has 5 nitrogen and oxygen atoms in total. The Labute approximate surface area is 149 Å². The van der Waals surface area contributed by atoms with E-state index in [-0.39, 0.29) is 0 Å². The number of likely N-dealkylation sites (tertiary alicyclic amines) is 1. The molecule has 1 saturated heterocycles. The third-order valence-electron chi connectivity index (χ3n) is 6.45. The summed E-state index contributed by atoms with van der Waals surface area (Å²) < 4.78 is 8.03. The van der Waals surface area contributed by atoms with Crippen molar-refractivity contribution in [3.8, 4) is 0 Å². The van der Waals surface area contributed by atoms with E-state index in [9.17, 15) is 0 Å². The quantitative estimate of drug-likeness (QED) is 0.858. The lowest BCUT2D eigenvalue weighted by atomic mass is 9.96. The van der Waals surface area contributed by atoms with Crippen LogP contribution in [0, 0.1) is 0 Å². The summed E-state index contributed by atoms with van der Waals surface area (Å²) in [5, 5.41) is 4.43. The number of fused-ring (bicyclic) bond motifs is 2. The molecule has 1 atom stereocenters. The summed E-state index contributed by atoms with van der Waals surface area (Å²) in [5.74, 6) is 2.42. The maximum atomic E-state index is 5.63. The first-order valence-corrected chi connectivity index (χ1v) is 10.1. The molecular formula is C20H28N4O. The highest BCUT2D eigenvalue weighted by Gasteiger charge is 2.33. The predicted molar refractivity (Wildman–Crippen MR) is 95.4 cm³/mol. The molecule has 0 unspecified atom stereocenters. The third kappa shape index (κ3) is 2.64. The van der Waals surface area contributed by atoms with Gasteiger partial charge >= 0.3 is 0 Å². The summed E-state index contributed by atoms with van der Waals surface area (Å²) in [6, 6.07) is 0.437. The zero-order valence-electron chi connectivity index (χ0n) is 15.3. The second-order valence-corrected chi connectivity index (χ2v) is 8.00. The van der Waals surface area contributed by atoms with Gasteiger partial charge in [0.1, 0.15) is 17.3 Å². The van der Waals surface area contributed by atoms with Crippen LogP contribution in [0.3, 0.4) is 0 Å². The van der Waals surface area contributed by atoms with Gasteiger partial charge in [0.05, 0.1) is 11.7 Å². The molecule has 0 aromatic carbocycles. The van der Waals surface area contributed by atoms with Gasteiger partial charge in [-0.25, -0.2) is 4.98 Å². The molecule has 134 valence electrons. The van der Waals surface area contributed by atoms with Gasteiger partial charge in [0.2, 0.25) is 0 Å². The van der Waals surface area contributed by atoms with E-state index in [2.05, 4.69) is 21.7 Å². The van der Waals surface area contributed by atoms with Crippen LogP contribution in [0.1, 0.15) is 78.8 Å². The molecule has 0 bridgehead atoms.